The number of hydrogen-bond acceptors (Lipinski definition) is 4. The fourth-order valence-corrected chi connectivity index (χ4v) is 3.99. The van der Waals surface area contributed by atoms with Crippen LogP contribution in [0.2, 0.25) is 0 Å². The zero-order valence-corrected chi connectivity index (χ0v) is 11.4. The van der Waals surface area contributed by atoms with Gasteiger partial charge < -0.3 is 9.47 Å². The molecular formula is C15H22O4. The van der Waals surface area contributed by atoms with Gasteiger partial charge in [0.25, 0.3) is 5.79 Å². The second kappa shape index (κ2) is 5.14. The van der Waals surface area contributed by atoms with E-state index in [1.807, 2.05) is 0 Å². The van der Waals surface area contributed by atoms with Crippen molar-refractivity contribution in [2.45, 2.75) is 70.0 Å². The van der Waals surface area contributed by atoms with Gasteiger partial charge in [-0.1, -0.05) is 32.1 Å². The molecule has 0 aromatic carbocycles. The molecule has 106 valence electrons. The zero-order chi connectivity index (χ0) is 13.3. The van der Waals surface area contributed by atoms with E-state index in [4.69, 9.17) is 9.47 Å². The Kier molecular flexibility index (Phi) is 3.50. The Labute approximate surface area is 113 Å². The first-order valence-electron chi connectivity index (χ1n) is 7.61. The Morgan fingerprint density at radius 1 is 0.789 bits per heavy atom. The second-order valence-electron chi connectivity index (χ2n) is 6.27. The highest BCUT2D eigenvalue weighted by molar-refractivity contribution is 5.93. The molecule has 2 aliphatic carbocycles. The van der Waals surface area contributed by atoms with E-state index >= 15 is 0 Å². The van der Waals surface area contributed by atoms with E-state index in [0.717, 1.165) is 24.7 Å². The zero-order valence-electron chi connectivity index (χ0n) is 11.4. The van der Waals surface area contributed by atoms with E-state index in [2.05, 4.69) is 0 Å². The Bertz CT molecular complexity index is 344. The normalized spacial score (nSPS) is 29.1. The van der Waals surface area contributed by atoms with Gasteiger partial charge in [-0.25, -0.2) is 0 Å². The fraction of sp³-hybridized carbons (Fsp3) is 0.867. The molecule has 3 fully saturated rings. The molecule has 2 saturated carbocycles. The summed E-state index contributed by atoms with van der Waals surface area (Å²) in [4.78, 5) is 22.8. The van der Waals surface area contributed by atoms with Crippen molar-refractivity contribution in [2.75, 3.05) is 0 Å². The summed E-state index contributed by atoms with van der Waals surface area (Å²) in [5.74, 6) is -0.205. The minimum atomic E-state index is -0.919. The highest BCUT2D eigenvalue weighted by Crippen LogP contribution is 2.44. The molecule has 0 N–H and O–H groups in total. The van der Waals surface area contributed by atoms with E-state index in [1.54, 1.807) is 0 Å². The molecule has 1 heterocycles. The third-order valence-electron chi connectivity index (χ3n) is 5.00. The van der Waals surface area contributed by atoms with Crippen molar-refractivity contribution in [3.63, 3.8) is 0 Å². The van der Waals surface area contributed by atoms with Gasteiger partial charge >= 0.3 is 11.9 Å². The highest BCUT2D eigenvalue weighted by atomic mass is 16.7. The monoisotopic (exact) mass is 266 g/mol. The number of esters is 2. The van der Waals surface area contributed by atoms with E-state index in [0.29, 0.717) is 12.8 Å². The second-order valence-corrected chi connectivity index (χ2v) is 6.27. The molecule has 4 heteroatoms. The van der Waals surface area contributed by atoms with Crippen LogP contribution < -0.4 is 0 Å². The van der Waals surface area contributed by atoms with Gasteiger partial charge in [-0.3, -0.25) is 9.59 Å². The molecule has 0 unspecified atom stereocenters. The maximum absolute atomic E-state index is 11.4. The minimum Gasteiger partial charge on any atom is -0.422 e. The van der Waals surface area contributed by atoms with Crippen LogP contribution in [0.25, 0.3) is 0 Å². The van der Waals surface area contributed by atoms with Crippen LogP contribution in [0.4, 0.5) is 0 Å². The highest BCUT2D eigenvalue weighted by Gasteiger charge is 2.46. The molecule has 4 nitrogen and oxygen atoms in total. The van der Waals surface area contributed by atoms with Gasteiger partial charge in [0.1, 0.15) is 6.42 Å². The lowest BCUT2D eigenvalue weighted by molar-refractivity contribution is -0.256. The molecule has 3 aliphatic rings. The summed E-state index contributed by atoms with van der Waals surface area (Å²) < 4.78 is 10.7. The van der Waals surface area contributed by atoms with Crippen molar-refractivity contribution in [2.24, 2.45) is 11.8 Å². The van der Waals surface area contributed by atoms with Crippen LogP contribution in [0.1, 0.15) is 64.2 Å². The average Bonchev–Trinajstić information content (AvgIpc) is 2.39. The molecule has 0 amide bonds. The molecule has 1 saturated heterocycles. The number of hydrogen-bond donors (Lipinski definition) is 0. The molecule has 0 atom stereocenters. The molecular weight excluding hydrogens is 244 g/mol. The standard InChI is InChI=1S/C15H22O4/c16-13-10-14(17)19-15(18-13)8-6-12(7-9-15)11-4-2-1-3-5-11/h11-12H,1-10H2. The van der Waals surface area contributed by atoms with Gasteiger partial charge in [0.2, 0.25) is 0 Å². The van der Waals surface area contributed by atoms with Crippen LogP contribution in [0.15, 0.2) is 0 Å². The van der Waals surface area contributed by atoms with E-state index in [-0.39, 0.29) is 6.42 Å². The molecule has 19 heavy (non-hydrogen) atoms. The Hall–Kier alpha value is -1.06. The maximum Gasteiger partial charge on any atom is 0.320 e. The van der Waals surface area contributed by atoms with Gasteiger partial charge in [0, 0.05) is 12.8 Å². The SMILES string of the molecule is O=C1CC(=O)OC2(CCC(C3CCCCC3)CC2)O1. The molecule has 0 aromatic rings. The van der Waals surface area contributed by atoms with Crippen LogP contribution in [0.5, 0.6) is 0 Å². The van der Waals surface area contributed by atoms with Gasteiger partial charge in [0.05, 0.1) is 0 Å². The van der Waals surface area contributed by atoms with Crippen LogP contribution in [-0.2, 0) is 19.1 Å². The molecule has 1 spiro atoms. The van der Waals surface area contributed by atoms with E-state index in [1.165, 1.54) is 32.1 Å². The summed E-state index contributed by atoms with van der Waals surface area (Å²) in [5.41, 5.74) is 0. The number of carbonyl (C=O) groups excluding carboxylic acids is 2. The lowest BCUT2D eigenvalue weighted by Gasteiger charge is -2.43. The summed E-state index contributed by atoms with van der Waals surface area (Å²) in [6.07, 6.45) is 9.96. The first kappa shape index (κ1) is 12.9. The summed E-state index contributed by atoms with van der Waals surface area (Å²) in [6, 6.07) is 0. The quantitative estimate of drug-likeness (QED) is 0.541. The summed E-state index contributed by atoms with van der Waals surface area (Å²) >= 11 is 0. The van der Waals surface area contributed by atoms with Crippen LogP contribution in [-0.4, -0.2) is 17.7 Å². The largest absolute Gasteiger partial charge is 0.422 e. The van der Waals surface area contributed by atoms with E-state index in [9.17, 15) is 9.59 Å². The summed E-state index contributed by atoms with van der Waals surface area (Å²) in [5, 5.41) is 0. The molecule has 0 radical (unpaired) electrons. The third-order valence-corrected chi connectivity index (χ3v) is 5.00. The Morgan fingerprint density at radius 2 is 1.32 bits per heavy atom. The predicted octanol–water partition coefficient (Wildman–Crippen LogP) is 2.94. The maximum atomic E-state index is 11.4. The minimum absolute atomic E-state index is 0.228. The van der Waals surface area contributed by atoms with Gasteiger partial charge in [-0.2, -0.15) is 0 Å². The van der Waals surface area contributed by atoms with Crippen molar-refractivity contribution < 1.29 is 19.1 Å². The fourth-order valence-electron chi connectivity index (χ4n) is 3.99. The Morgan fingerprint density at radius 3 is 1.89 bits per heavy atom. The van der Waals surface area contributed by atoms with Gasteiger partial charge in [-0.15, -0.1) is 0 Å². The lowest BCUT2D eigenvalue weighted by atomic mass is 9.72. The van der Waals surface area contributed by atoms with Crippen molar-refractivity contribution >= 4 is 11.9 Å². The predicted molar refractivity (Wildman–Crippen MR) is 68.1 cm³/mol. The van der Waals surface area contributed by atoms with Crippen molar-refractivity contribution in [3.05, 3.63) is 0 Å². The number of rotatable bonds is 1. The van der Waals surface area contributed by atoms with Gasteiger partial charge in [0.15, 0.2) is 0 Å². The number of carbonyl (C=O) groups is 2. The topological polar surface area (TPSA) is 52.6 Å². The van der Waals surface area contributed by atoms with Crippen molar-refractivity contribution in [3.8, 4) is 0 Å². The van der Waals surface area contributed by atoms with Crippen molar-refractivity contribution in [1.82, 2.24) is 0 Å². The average molecular weight is 266 g/mol. The van der Waals surface area contributed by atoms with Crippen LogP contribution >= 0.6 is 0 Å². The van der Waals surface area contributed by atoms with Crippen molar-refractivity contribution in [1.29, 1.82) is 0 Å². The lowest BCUT2D eigenvalue weighted by Crippen LogP contribution is -2.48. The number of ether oxygens (including phenoxy) is 2. The molecule has 3 rings (SSSR count). The Balaban J connectivity index is 1.59. The van der Waals surface area contributed by atoms with E-state index < -0.39 is 17.7 Å². The molecule has 0 bridgehead atoms. The van der Waals surface area contributed by atoms with Crippen LogP contribution in [0.3, 0.4) is 0 Å². The van der Waals surface area contributed by atoms with Crippen LogP contribution in [0, 0.1) is 11.8 Å². The molecule has 0 aromatic heterocycles. The smallest absolute Gasteiger partial charge is 0.320 e. The van der Waals surface area contributed by atoms with Gasteiger partial charge in [-0.05, 0) is 24.7 Å². The summed E-state index contributed by atoms with van der Waals surface area (Å²) in [6.45, 7) is 0. The first-order chi connectivity index (χ1) is 9.17. The first-order valence-corrected chi connectivity index (χ1v) is 7.61. The summed E-state index contributed by atoms with van der Waals surface area (Å²) in [7, 11) is 0. The molecule has 1 aliphatic heterocycles. The third kappa shape index (κ3) is 2.77.